The Balaban J connectivity index is 0.843. The minimum atomic E-state index is -0.280. The van der Waals surface area contributed by atoms with Gasteiger partial charge in [0.05, 0.1) is 47.8 Å². The number of hydrogen-bond acceptors (Lipinski definition) is 10. The maximum Gasteiger partial charge on any atom is 0.255 e. The number of carbonyl (C=O) groups excluding carboxylic acids is 3. The van der Waals surface area contributed by atoms with Gasteiger partial charge in [-0.15, -0.1) is 5.10 Å². The highest BCUT2D eigenvalue weighted by atomic mass is 35.5. The lowest BCUT2D eigenvalue weighted by Crippen LogP contribution is -2.74. The minimum Gasteiger partial charge on any atom is -0.490 e. The van der Waals surface area contributed by atoms with E-state index in [2.05, 4.69) is 42.7 Å². The first-order valence-electron chi connectivity index (χ1n) is 22.6. The summed E-state index contributed by atoms with van der Waals surface area (Å²) in [7, 11) is 0. The molecule has 0 spiro atoms. The van der Waals surface area contributed by atoms with E-state index in [4.69, 9.17) is 21.1 Å². The Bertz CT molecular complexity index is 2390. The average Bonchev–Trinajstić information content (AvgIpc) is 3.31. The van der Waals surface area contributed by atoms with Crippen LogP contribution >= 0.6 is 11.6 Å². The fraction of sp³-hybridized carbons (Fsp3) is 0.408. The first-order chi connectivity index (χ1) is 31.2. The lowest BCUT2D eigenvalue weighted by atomic mass is 9.73. The summed E-state index contributed by atoms with van der Waals surface area (Å²) in [5.41, 5.74) is 2.29. The molecule has 2 unspecified atom stereocenters. The summed E-state index contributed by atoms with van der Waals surface area (Å²) < 4.78 is 13.2. The van der Waals surface area contributed by atoms with Gasteiger partial charge in [-0.2, -0.15) is 10.2 Å². The van der Waals surface area contributed by atoms with Crippen molar-refractivity contribution in [1.82, 2.24) is 34.7 Å². The molecule has 14 nitrogen and oxygen atoms in total. The predicted molar refractivity (Wildman–Crippen MR) is 246 cm³/mol. The van der Waals surface area contributed by atoms with E-state index in [0.717, 1.165) is 60.9 Å². The predicted octanol–water partition coefficient (Wildman–Crippen LogP) is 7.43. The molecule has 0 saturated carbocycles. The molecule has 5 aromatic rings. The summed E-state index contributed by atoms with van der Waals surface area (Å²) in [6.07, 6.45) is 7.25. The third-order valence-corrected chi connectivity index (χ3v) is 13.9. The number of nitrogens with zero attached hydrogens (tertiary/aromatic N) is 8. The van der Waals surface area contributed by atoms with Crippen LogP contribution in [-0.4, -0.2) is 112 Å². The third-order valence-electron chi connectivity index (χ3n) is 13.6. The van der Waals surface area contributed by atoms with Crippen molar-refractivity contribution in [3.05, 3.63) is 120 Å². The van der Waals surface area contributed by atoms with Crippen LogP contribution in [0.15, 0.2) is 109 Å². The monoisotopic (exact) mass is 884 g/mol. The van der Waals surface area contributed by atoms with E-state index in [-0.39, 0.29) is 53.7 Å². The normalized spacial score (nSPS) is 23.0. The highest BCUT2D eigenvalue weighted by Gasteiger charge is 2.59. The van der Waals surface area contributed by atoms with Gasteiger partial charge >= 0.3 is 0 Å². The first kappa shape index (κ1) is 43.1. The van der Waals surface area contributed by atoms with Gasteiger partial charge in [0.25, 0.3) is 11.7 Å². The van der Waals surface area contributed by atoms with E-state index < -0.39 is 0 Å². The number of ether oxygens (including phenoxy) is 2. The van der Waals surface area contributed by atoms with Crippen LogP contribution in [0, 0.1) is 17.8 Å². The fourth-order valence-corrected chi connectivity index (χ4v) is 9.98. The molecule has 0 aliphatic carbocycles. The lowest BCUT2D eigenvalue weighted by Gasteiger charge is -2.58. The largest absolute Gasteiger partial charge is 0.490 e. The second-order valence-corrected chi connectivity index (χ2v) is 18.0. The number of anilines is 2. The minimum absolute atomic E-state index is 0.0145. The average molecular weight is 885 g/mol. The number of halogens is 1. The highest BCUT2D eigenvalue weighted by Crippen LogP contribution is 2.48. The number of benzene rings is 3. The quantitative estimate of drug-likeness (QED) is 0.119. The van der Waals surface area contributed by atoms with E-state index in [1.54, 1.807) is 24.5 Å². The van der Waals surface area contributed by atoms with Crippen molar-refractivity contribution in [2.45, 2.75) is 64.2 Å². The number of hydrogen-bond donors (Lipinski definition) is 1. The number of nitrogens with one attached hydrogen (secondary N) is 1. The highest BCUT2D eigenvalue weighted by molar-refractivity contribution is 6.33. The van der Waals surface area contributed by atoms with Gasteiger partial charge in [-0.25, -0.2) is 4.48 Å². The molecule has 0 bridgehead atoms. The van der Waals surface area contributed by atoms with Crippen LogP contribution in [0.4, 0.5) is 23.0 Å². The number of rotatable bonds is 13. The van der Waals surface area contributed by atoms with Crippen LogP contribution in [0.25, 0.3) is 0 Å². The smallest absolute Gasteiger partial charge is 0.255 e. The van der Waals surface area contributed by atoms with E-state index in [1.807, 2.05) is 96.4 Å². The number of amides is 3. The molecule has 3 amide bonds. The molecule has 1 N–H and O–H groups in total. The van der Waals surface area contributed by atoms with Crippen molar-refractivity contribution in [2.75, 3.05) is 56.0 Å². The Labute approximate surface area is 379 Å². The van der Waals surface area contributed by atoms with Crippen LogP contribution in [0.3, 0.4) is 0 Å². The second kappa shape index (κ2) is 18.9. The van der Waals surface area contributed by atoms with Gasteiger partial charge < -0.3 is 29.5 Å². The first-order valence-corrected chi connectivity index (χ1v) is 22.9. The number of quaternary nitrogens is 1. The van der Waals surface area contributed by atoms with Gasteiger partial charge in [-0.05, 0) is 73.2 Å². The Morgan fingerprint density at radius 1 is 0.766 bits per heavy atom. The molecule has 3 aromatic carbocycles. The van der Waals surface area contributed by atoms with Crippen LogP contribution < -0.4 is 24.2 Å². The zero-order chi connectivity index (χ0) is 44.2. The van der Waals surface area contributed by atoms with Gasteiger partial charge in [-0.3, -0.25) is 14.4 Å². The molecule has 4 aliphatic heterocycles. The molecule has 64 heavy (non-hydrogen) atoms. The number of aromatic nitrogens is 4. The molecule has 3 atom stereocenters. The fourth-order valence-electron chi connectivity index (χ4n) is 9.76. The molecule has 15 heteroatoms. The van der Waals surface area contributed by atoms with Crippen LogP contribution in [-0.2, 0) is 9.59 Å². The Morgan fingerprint density at radius 3 is 1.97 bits per heavy atom. The Hall–Kier alpha value is -6.12. The van der Waals surface area contributed by atoms with E-state index >= 15 is 0 Å². The summed E-state index contributed by atoms with van der Waals surface area (Å²) in [6, 6.07) is 30.6. The van der Waals surface area contributed by atoms with Gasteiger partial charge in [-0.1, -0.05) is 42.7 Å². The molecule has 332 valence electrons. The van der Waals surface area contributed by atoms with Crippen molar-refractivity contribution >= 4 is 52.3 Å². The van der Waals surface area contributed by atoms with Crippen molar-refractivity contribution < 1.29 is 23.9 Å². The van der Waals surface area contributed by atoms with Gasteiger partial charge in [0, 0.05) is 94.4 Å². The van der Waals surface area contributed by atoms with Crippen molar-refractivity contribution in [2.24, 2.45) is 17.8 Å². The molecular weight excluding hydrogens is 830 g/mol. The summed E-state index contributed by atoms with van der Waals surface area (Å²) in [5, 5.41) is 21.1. The summed E-state index contributed by atoms with van der Waals surface area (Å²) >= 11 is 6.31. The van der Waals surface area contributed by atoms with Gasteiger partial charge in [0.1, 0.15) is 29.4 Å². The topological polar surface area (TPSA) is 143 Å². The molecule has 4 saturated heterocycles. The standard InChI is InChI=1S/C49H54ClN9O5/c1-3-33(2)48(61)56-26-20-39(21-27-56)63-37-16-12-35(13-17-37)53-47(60)42-30-58(44-10-6-24-51-54-44)46(42)34-31-59(32-34,45-11-7-25-52-55-45)36-14-18-38(19-15-36)64-40-22-28-57(29-23-40)49(62)41-8-4-5-9-43(41)50/h4-19,24-25,33-34,39-40,42,46H,3,20-23,26-32H2,1-2H3/p+1/t33-,34?,42?,46?,59?/m0/s1. The Morgan fingerprint density at radius 2 is 1.38 bits per heavy atom. The van der Waals surface area contributed by atoms with Crippen molar-refractivity contribution in [3.8, 4) is 11.5 Å². The van der Waals surface area contributed by atoms with Crippen LogP contribution in [0.1, 0.15) is 56.3 Å². The van der Waals surface area contributed by atoms with Crippen molar-refractivity contribution in [3.63, 3.8) is 0 Å². The van der Waals surface area contributed by atoms with E-state index in [1.165, 1.54) is 0 Å². The zero-order valence-corrected chi connectivity index (χ0v) is 37.1. The molecule has 4 aliphatic rings. The summed E-state index contributed by atoms with van der Waals surface area (Å²) in [4.78, 5) is 45.9. The molecule has 0 radical (unpaired) electrons. The lowest BCUT2D eigenvalue weighted by molar-refractivity contribution is -0.136. The van der Waals surface area contributed by atoms with Gasteiger partial charge in [0.15, 0.2) is 5.82 Å². The molecular formula is C49H55ClN9O5+. The van der Waals surface area contributed by atoms with Crippen molar-refractivity contribution in [1.29, 1.82) is 0 Å². The number of carbonyl (C=O) groups is 3. The number of piperidine rings is 2. The third kappa shape index (κ3) is 8.98. The molecule has 6 heterocycles. The van der Waals surface area contributed by atoms with E-state index in [9.17, 15) is 14.4 Å². The SMILES string of the molecule is CC[C@H](C)C(=O)N1CCC(Oc2ccc(NC(=O)C3CN(c4cccnn4)C3C3C[N+](c4ccc(OC5CCN(C(=O)c6ccccc6Cl)CC5)cc4)(c4cccnn4)C3)cc2)CC1. The maximum atomic E-state index is 14.1. The van der Waals surface area contributed by atoms with Crippen LogP contribution in [0.5, 0.6) is 11.5 Å². The molecule has 4 fully saturated rings. The Kier molecular flexibility index (Phi) is 12.8. The number of likely N-dealkylation sites (tertiary alicyclic amines) is 2. The molecule has 2 aromatic heterocycles. The van der Waals surface area contributed by atoms with Crippen LogP contribution in [0.2, 0.25) is 5.02 Å². The molecule has 9 rings (SSSR count). The second-order valence-electron chi connectivity index (χ2n) is 17.6. The van der Waals surface area contributed by atoms with E-state index in [0.29, 0.717) is 66.6 Å². The zero-order valence-electron chi connectivity index (χ0n) is 36.3. The summed E-state index contributed by atoms with van der Waals surface area (Å²) in [6.45, 7) is 8.57. The maximum absolute atomic E-state index is 14.1. The van der Waals surface area contributed by atoms with Gasteiger partial charge in [0.2, 0.25) is 11.8 Å². The summed E-state index contributed by atoms with van der Waals surface area (Å²) in [5.74, 6) is 3.13.